The molecule has 1 spiro atoms. The Balaban J connectivity index is 1.74. The van der Waals surface area contributed by atoms with Crippen LogP contribution in [0.2, 0.25) is 0 Å². The van der Waals surface area contributed by atoms with Crippen LogP contribution in [0, 0.1) is 0 Å². The minimum Gasteiger partial charge on any atom is -0.490 e. The van der Waals surface area contributed by atoms with Crippen LogP contribution >= 0.6 is 15.9 Å². The normalized spacial score (nSPS) is 26.1. The van der Waals surface area contributed by atoms with Gasteiger partial charge in [-0.2, -0.15) is 0 Å². The third-order valence-electron chi connectivity index (χ3n) is 4.47. The van der Waals surface area contributed by atoms with Gasteiger partial charge in [-0.3, -0.25) is 0 Å². The highest BCUT2D eigenvalue weighted by atomic mass is 79.9. The van der Waals surface area contributed by atoms with E-state index in [-0.39, 0.29) is 17.7 Å². The highest BCUT2D eigenvalue weighted by Gasteiger charge is 2.43. The third kappa shape index (κ3) is 2.87. The average molecular weight is 340 g/mol. The summed E-state index contributed by atoms with van der Waals surface area (Å²) in [6.45, 7) is 2.81. The number of hydrogen-bond acceptors (Lipinski definition) is 3. The summed E-state index contributed by atoms with van der Waals surface area (Å²) in [7, 11) is 0. The molecule has 3 nitrogen and oxygen atoms in total. The van der Waals surface area contributed by atoms with Crippen LogP contribution in [0.25, 0.3) is 0 Å². The molecule has 110 valence electrons. The van der Waals surface area contributed by atoms with Crippen molar-refractivity contribution in [3.8, 4) is 5.75 Å². The van der Waals surface area contributed by atoms with E-state index in [4.69, 9.17) is 15.2 Å². The Morgan fingerprint density at radius 1 is 1.45 bits per heavy atom. The molecule has 2 N–H and O–H groups in total. The monoisotopic (exact) mass is 339 g/mol. The molecule has 2 aliphatic rings. The lowest BCUT2D eigenvalue weighted by molar-refractivity contribution is -0.153. The van der Waals surface area contributed by atoms with Crippen LogP contribution < -0.4 is 10.5 Å². The van der Waals surface area contributed by atoms with Crippen molar-refractivity contribution in [3.63, 3.8) is 0 Å². The van der Waals surface area contributed by atoms with E-state index in [2.05, 4.69) is 22.0 Å². The first-order valence-corrected chi connectivity index (χ1v) is 8.23. The van der Waals surface area contributed by atoms with Crippen LogP contribution in [0.15, 0.2) is 22.7 Å². The smallest absolute Gasteiger partial charge is 0.124 e. The van der Waals surface area contributed by atoms with Crippen molar-refractivity contribution in [2.45, 2.75) is 56.8 Å². The molecule has 4 heteroatoms. The van der Waals surface area contributed by atoms with Crippen LogP contribution in [0.4, 0.5) is 0 Å². The molecule has 1 saturated carbocycles. The Bertz CT molecular complexity index is 485. The van der Waals surface area contributed by atoms with Gasteiger partial charge in [0.05, 0.1) is 12.2 Å². The molecule has 1 saturated heterocycles. The lowest BCUT2D eigenvalue weighted by atomic mass is 9.74. The quantitative estimate of drug-likeness (QED) is 0.906. The van der Waals surface area contributed by atoms with Crippen molar-refractivity contribution >= 4 is 15.9 Å². The largest absolute Gasteiger partial charge is 0.490 e. The minimum absolute atomic E-state index is 0.0278. The fourth-order valence-corrected chi connectivity index (χ4v) is 3.54. The van der Waals surface area contributed by atoms with E-state index in [1.165, 1.54) is 19.3 Å². The standard InChI is InChI=1S/C16H22BrNO2/c1-11(18)14-9-12(17)3-4-15(14)20-13-5-8-19-16(10-13)6-2-7-16/h3-4,9,11,13H,2,5-8,10,18H2,1H3/t11-,13?/m0/s1. The summed E-state index contributed by atoms with van der Waals surface area (Å²) in [5.41, 5.74) is 7.23. The molecule has 0 radical (unpaired) electrons. The number of ether oxygens (including phenoxy) is 2. The van der Waals surface area contributed by atoms with E-state index >= 15 is 0 Å². The van der Waals surface area contributed by atoms with Gasteiger partial charge in [-0.25, -0.2) is 0 Å². The van der Waals surface area contributed by atoms with Gasteiger partial charge in [-0.05, 0) is 44.4 Å². The highest BCUT2D eigenvalue weighted by Crippen LogP contribution is 2.43. The van der Waals surface area contributed by atoms with Gasteiger partial charge in [0.1, 0.15) is 11.9 Å². The second-order valence-electron chi connectivity index (χ2n) is 6.09. The summed E-state index contributed by atoms with van der Waals surface area (Å²) in [6.07, 6.45) is 5.90. The molecule has 20 heavy (non-hydrogen) atoms. The number of halogens is 1. The third-order valence-corrected chi connectivity index (χ3v) is 4.96. The van der Waals surface area contributed by atoms with Gasteiger partial charge < -0.3 is 15.2 Å². The molecule has 1 aliphatic heterocycles. The maximum absolute atomic E-state index is 6.25. The molecular weight excluding hydrogens is 318 g/mol. The SMILES string of the molecule is C[C@H](N)c1cc(Br)ccc1OC1CCOC2(CCC2)C1. The van der Waals surface area contributed by atoms with Gasteiger partial charge in [-0.15, -0.1) is 0 Å². The zero-order valence-corrected chi connectivity index (χ0v) is 13.5. The topological polar surface area (TPSA) is 44.5 Å². The predicted molar refractivity (Wildman–Crippen MR) is 82.9 cm³/mol. The summed E-state index contributed by atoms with van der Waals surface area (Å²) in [6, 6.07) is 6.06. The molecule has 1 aliphatic carbocycles. The molecule has 1 aromatic carbocycles. The fourth-order valence-electron chi connectivity index (χ4n) is 3.16. The first-order chi connectivity index (χ1) is 9.58. The molecular formula is C16H22BrNO2. The lowest BCUT2D eigenvalue weighted by Gasteiger charge is -2.47. The highest BCUT2D eigenvalue weighted by molar-refractivity contribution is 9.10. The second kappa shape index (κ2) is 5.66. The van der Waals surface area contributed by atoms with Crippen LogP contribution in [0.1, 0.15) is 50.6 Å². The molecule has 2 fully saturated rings. The van der Waals surface area contributed by atoms with E-state index in [0.29, 0.717) is 0 Å². The van der Waals surface area contributed by atoms with Crippen LogP contribution in [0.3, 0.4) is 0 Å². The van der Waals surface area contributed by atoms with Gasteiger partial charge in [0.25, 0.3) is 0 Å². The number of hydrogen-bond donors (Lipinski definition) is 1. The molecule has 0 aromatic heterocycles. The molecule has 2 atom stereocenters. The predicted octanol–water partition coefficient (Wildman–Crippen LogP) is 3.95. The van der Waals surface area contributed by atoms with Crippen LogP contribution in [-0.4, -0.2) is 18.3 Å². The molecule has 1 unspecified atom stereocenters. The van der Waals surface area contributed by atoms with Gasteiger partial charge in [0.2, 0.25) is 0 Å². The first kappa shape index (κ1) is 14.4. The summed E-state index contributed by atoms with van der Waals surface area (Å²) in [4.78, 5) is 0. The van der Waals surface area contributed by atoms with E-state index in [0.717, 1.165) is 35.2 Å². The van der Waals surface area contributed by atoms with Crippen molar-refractivity contribution in [3.05, 3.63) is 28.2 Å². The molecule has 1 aromatic rings. The van der Waals surface area contributed by atoms with E-state index < -0.39 is 0 Å². The molecule has 3 rings (SSSR count). The zero-order valence-electron chi connectivity index (χ0n) is 11.9. The van der Waals surface area contributed by atoms with Gasteiger partial charge in [0, 0.05) is 28.9 Å². The second-order valence-corrected chi connectivity index (χ2v) is 7.00. The van der Waals surface area contributed by atoms with Gasteiger partial charge in [-0.1, -0.05) is 15.9 Å². The Labute approximate surface area is 129 Å². The Hall–Kier alpha value is -0.580. The maximum atomic E-state index is 6.25. The molecule has 1 heterocycles. The lowest BCUT2D eigenvalue weighted by Crippen LogP contribution is -2.48. The van der Waals surface area contributed by atoms with Crippen molar-refractivity contribution in [1.29, 1.82) is 0 Å². The van der Waals surface area contributed by atoms with Crippen molar-refractivity contribution in [2.75, 3.05) is 6.61 Å². The number of rotatable bonds is 3. The molecule has 0 bridgehead atoms. The summed E-state index contributed by atoms with van der Waals surface area (Å²) < 4.78 is 13.2. The van der Waals surface area contributed by atoms with E-state index in [9.17, 15) is 0 Å². The van der Waals surface area contributed by atoms with E-state index in [1.54, 1.807) is 0 Å². The van der Waals surface area contributed by atoms with Crippen molar-refractivity contribution < 1.29 is 9.47 Å². The van der Waals surface area contributed by atoms with Gasteiger partial charge >= 0.3 is 0 Å². The molecule has 0 amide bonds. The maximum Gasteiger partial charge on any atom is 0.124 e. The van der Waals surface area contributed by atoms with Crippen LogP contribution in [0.5, 0.6) is 5.75 Å². The Morgan fingerprint density at radius 3 is 2.90 bits per heavy atom. The number of nitrogens with two attached hydrogens (primary N) is 1. The minimum atomic E-state index is -0.0278. The summed E-state index contributed by atoms with van der Waals surface area (Å²) in [5, 5.41) is 0. The number of benzene rings is 1. The fraction of sp³-hybridized carbons (Fsp3) is 0.625. The Morgan fingerprint density at radius 2 is 2.25 bits per heavy atom. The first-order valence-electron chi connectivity index (χ1n) is 7.44. The summed E-state index contributed by atoms with van der Waals surface area (Å²) in [5.74, 6) is 0.921. The summed E-state index contributed by atoms with van der Waals surface area (Å²) >= 11 is 3.50. The van der Waals surface area contributed by atoms with Crippen molar-refractivity contribution in [2.24, 2.45) is 5.73 Å². The van der Waals surface area contributed by atoms with Crippen LogP contribution in [-0.2, 0) is 4.74 Å². The van der Waals surface area contributed by atoms with Crippen molar-refractivity contribution in [1.82, 2.24) is 0 Å². The average Bonchev–Trinajstić information content (AvgIpc) is 2.39. The Kier molecular flexibility index (Phi) is 4.07. The van der Waals surface area contributed by atoms with Gasteiger partial charge in [0.15, 0.2) is 0 Å². The van der Waals surface area contributed by atoms with E-state index in [1.807, 2.05) is 19.1 Å². The zero-order chi connectivity index (χ0) is 14.2.